The molecule has 1 atom stereocenters. The summed E-state index contributed by atoms with van der Waals surface area (Å²) >= 11 is 0. The van der Waals surface area contributed by atoms with Gasteiger partial charge >= 0.3 is 5.97 Å². The van der Waals surface area contributed by atoms with E-state index in [1.165, 1.54) is 0 Å². The van der Waals surface area contributed by atoms with E-state index >= 15 is 0 Å². The number of nitrogens with zero attached hydrogens (tertiary/aromatic N) is 1. The number of aliphatic carboxylic acids is 1. The number of ether oxygens (including phenoxy) is 2. The van der Waals surface area contributed by atoms with Crippen molar-refractivity contribution in [3.63, 3.8) is 0 Å². The Hall–Kier alpha value is -0.760. The maximum Gasteiger partial charge on any atom is 0.305 e. The first-order chi connectivity index (χ1) is 11.4. The third kappa shape index (κ3) is 10.9. The van der Waals surface area contributed by atoms with Crippen molar-refractivity contribution in [3.05, 3.63) is 24.4 Å². The molecule has 0 aliphatic rings. The van der Waals surface area contributed by atoms with Crippen molar-refractivity contribution in [2.45, 2.75) is 55.9 Å². The molecule has 0 saturated heterocycles. The van der Waals surface area contributed by atoms with Crippen LogP contribution in [0.25, 0.3) is 0 Å². The van der Waals surface area contributed by atoms with Gasteiger partial charge in [-0.25, -0.2) is 4.98 Å². The van der Waals surface area contributed by atoms with Crippen molar-refractivity contribution >= 4 is 27.6 Å². The summed E-state index contributed by atoms with van der Waals surface area (Å²) in [5.41, 5.74) is 0. The Kier molecular flexibility index (Phi) is 10.4. The average molecular weight is 374 g/mol. The maximum absolute atomic E-state index is 10.4. The zero-order valence-electron chi connectivity index (χ0n) is 14.6. The van der Waals surface area contributed by atoms with Crippen LogP contribution in [0, 0.1) is 0 Å². The first-order valence-electron chi connectivity index (χ1n) is 8.07. The number of aromatic nitrogens is 1. The fourth-order valence-corrected chi connectivity index (χ4v) is 3.89. The fourth-order valence-electron chi connectivity index (χ4n) is 1.69. The third-order valence-electron chi connectivity index (χ3n) is 3.23. The fraction of sp³-hybridized carbons (Fsp3) is 0.647. The van der Waals surface area contributed by atoms with Gasteiger partial charge in [-0.1, -0.05) is 16.9 Å². The summed E-state index contributed by atoms with van der Waals surface area (Å²) in [5.74, 6) is -0.831. The molecule has 0 fully saturated rings. The van der Waals surface area contributed by atoms with Crippen molar-refractivity contribution < 1.29 is 19.4 Å². The minimum Gasteiger partial charge on any atom is -0.481 e. The molecule has 7 heteroatoms. The quantitative estimate of drug-likeness (QED) is 0.409. The molecule has 1 aromatic heterocycles. The molecule has 136 valence electrons. The number of pyridine rings is 1. The molecule has 1 heterocycles. The van der Waals surface area contributed by atoms with Gasteiger partial charge in [-0.15, -0.1) is 0 Å². The monoisotopic (exact) mass is 373 g/mol. The third-order valence-corrected chi connectivity index (χ3v) is 6.49. The maximum atomic E-state index is 10.4. The Morgan fingerprint density at radius 3 is 2.79 bits per heavy atom. The van der Waals surface area contributed by atoms with Gasteiger partial charge in [0.1, 0.15) is 5.03 Å². The highest BCUT2D eigenvalue weighted by Gasteiger charge is 2.20. The number of hydrogen-bond acceptors (Lipinski definition) is 6. The minimum atomic E-state index is -0.831. The zero-order valence-corrected chi connectivity index (χ0v) is 16.2. The topological polar surface area (TPSA) is 68.7 Å². The summed E-state index contributed by atoms with van der Waals surface area (Å²) in [7, 11) is 3.49. The first-order valence-corrected chi connectivity index (χ1v) is 10.2. The number of hydrogen-bond donors (Lipinski definition) is 1. The van der Waals surface area contributed by atoms with Crippen molar-refractivity contribution in [1.29, 1.82) is 0 Å². The lowest BCUT2D eigenvalue weighted by Crippen LogP contribution is -2.20. The van der Waals surface area contributed by atoms with Crippen molar-refractivity contribution in [2.75, 3.05) is 19.8 Å². The lowest BCUT2D eigenvalue weighted by molar-refractivity contribution is -0.138. The molecule has 0 aromatic carbocycles. The average Bonchev–Trinajstić information content (AvgIpc) is 2.53. The van der Waals surface area contributed by atoms with E-state index in [1.807, 2.05) is 25.1 Å². The van der Waals surface area contributed by atoms with Crippen LogP contribution in [0.1, 0.15) is 40.0 Å². The summed E-state index contributed by atoms with van der Waals surface area (Å²) in [6, 6.07) is 5.92. The van der Waals surface area contributed by atoms with Crippen LogP contribution in [0.4, 0.5) is 0 Å². The van der Waals surface area contributed by atoms with E-state index < -0.39 is 5.97 Å². The molecule has 1 rings (SSSR count). The SMILES string of the molecule is CC(CCOCCC(=O)O)OCCC(C)(C)SSc1ccccn1. The minimum absolute atomic E-state index is 0.0502. The van der Waals surface area contributed by atoms with Crippen LogP contribution in [-0.2, 0) is 14.3 Å². The predicted octanol–water partition coefficient (Wildman–Crippen LogP) is 4.28. The highest BCUT2D eigenvalue weighted by atomic mass is 33.1. The number of carboxylic acids is 1. The number of carboxylic acid groups (broad SMARTS) is 1. The zero-order chi connectivity index (χ0) is 17.8. The summed E-state index contributed by atoms with van der Waals surface area (Å²) in [5, 5.41) is 9.54. The van der Waals surface area contributed by atoms with E-state index in [0.29, 0.717) is 13.2 Å². The van der Waals surface area contributed by atoms with Crippen LogP contribution in [0.2, 0.25) is 0 Å². The molecule has 0 aliphatic heterocycles. The van der Waals surface area contributed by atoms with Crippen LogP contribution < -0.4 is 0 Å². The Morgan fingerprint density at radius 1 is 1.33 bits per heavy atom. The van der Waals surface area contributed by atoms with Crippen LogP contribution >= 0.6 is 21.6 Å². The van der Waals surface area contributed by atoms with Gasteiger partial charge in [-0.3, -0.25) is 4.79 Å². The van der Waals surface area contributed by atoms with Gasteiger partial charge in [0, 0.05) is 24.2 Å². The molecule has 1 unspecified atom stereocenters. The molecule has 5 nitrogen and oxygen atoms in total. The van der Waals surface area contributed by atoms with Crippen LogP contribution in [-0.4, -0.2) is 46.7 Å². The molecule has 0 saturated carbocycles. The van der Waals surface area contributed by atoms with E-state index in [2.05, 4.69) is 18.8 Å². The summed E-state index contributed by atoms with van der Waals surface area (Å²) in [4.78, 5) is 14.7. The summed E-state index contributed by atoms with van der Waals surface area (Å²) in [6.45, 7) is 7.91. The van der Waals surface area contributed by atoms with E-state index in [4.69, 9.17) is 14.6 Å². The molecule has 24 heavy (non-hydrogen) atoms. The van der Waals surface area contributed by atoms with E-state index in [9.17, 15) is 4.79 Å². The van der Waals surface area contributed by atoms with Gasteiger partial charge < -0.3 is 14.6 Å². The molecule has 0 bridgehead atoms. The molecular formula is C17H27NO4S2. The Bertz CT molecular complexity index is 471. The molecular weight excluding hydrogens is 346 g/mol. The summed E-state index contributed by atoms with van der Waals surface area (Å²) in [6.07, 6.45) is 3.69. The highest BCUT2D eigenvalue weighted by molar-refractivity contribution is 8.77. The molecule has 0 amide bonds. The lowest BCUT2D eigenvalue weighted by Gasteiger charge is -2.24. The second-order valence-electron chi connectivity index (χ2n) is 6.07. The first kappa shape index (κ1) is 21.3. The molecule has 0 aliphatic carbocycles. The number of rotatable bonds is 13. The van der Waals surface area contributed by atoms with Crippen molar-refractivity contribution in [3.8, 4) is 0 Å². The van der Waals surface area contributed by atoms with E-state index in [1.54, 1.807) is 27.8 Å². The summed E-state index contributed by atoms with van der Waals surface area (Å²) < 4.78 is 11.2. The Morgan fingerprint density at radius 2 is 2.12 bits per heavy atom. The normalized spacial score (nSPS) is 13.0. The van der Waals surface area contributed by atoms with Gasteiger partial charge in [0.25, 0.3) is 0 Å². The number of carbonyl (C=O) groups is 1. The lowest BCUT2D eigenvalue weighted by atomic mass is 10.1. The second kappa shape index (κ2) is 11.7. The van der Waals surface area contributed by atoms with Gasteiger partial charge in [-0.05, 0) is 56.5 Å². The second-order valence-corrected chi connectivity index (χ2v) is 8.93. The van der Waals surface area contributed by atoms with Crippen molar-refractivity contribution in [1.82, 2.24) is 4.98 Å². The molecule has 1 N–H and O–H groups in total. The van der Waals surface area contributed by atoms with Gasteiger partial charge in [0.05, 0.1) is 19.1 Å². The standard InChI is InChI=1S/C17H27NO4S2/c1-14(7-11-21-12-8-16(19)20)22-13-9-17(2,3)24-23-15-6-4-5-10-18-15/h4-6,10,14H,7-9,11-13H2,1-3H3,(H,19,20). The Labute approximate surface area is 152 Å². The van der Waals surface area contributed by atoms with Crippen LogP contribution in [0.15, 0.2) is 29.4 Å². The Balaban J connectivity index is 2.10. The van der Waals surface area contributed by atoms with Gasteiger partial charge in [0.2, 0.25) is 0 Å². The predicted molar refractivity (Wildman–Crippen MR) is 99.5 cm³/mol. The van der Waals surface area contributed by atoms with Gasteiger partial charge in [0.15, 0.2) is 0 Å². The largest absolute Gasteiger partial charge is 0.481 e. The van der Waals surface area contributed by atoms with Gasteiger partial charge in [-0.2, -0.15) is 0 Å². The van der Waals surface area contributed by atoms with Crippen LogP contribution in [0.3, 0.4) is 0 Å². The van der Waals surface area contributed by atoms with Crippen LogP contribution in [0.5, 0.6) is 0 Å². The van der Waals surface area contributed by atoms with E-state index in [-0.39, 0.29) is 23.9 Å². The molecule has 0 spiro atoms. The highest BCUT2D eigenvalue weighted by Crippen LogP contribution is 2.41. The molecule has 1 aromatic rings. The van der Waals surface area contributed by atoms with Crippen molar-refractivity contribution in [2.24, 2.45) is 0 Å². The van der Waals surface area contributed by atoms with E-state index in [0.717, 1.165) is 17.9 Å². The smallest absolute Gasteiger partial charge is 0.305 e. The molecule has 0 radical (unpaired) electrons.